The maximum absolute atomic E-state index is 11.8. The Morgan fingerprint density at radius 2 is 1.84 bits per heavy atom. The van der Waals surface area contributed by atoms with Crippen molar-refractivity contribution in [3.63, 3.8) is 0 Å². The summed E-state index contributed by atoms with van der Waals surface area (Å²) in [5, 5.41) is 2.73. The minimum absolute atomic E-state index is 0.0195. The second-order valence-electron chi connectivity index (χ2n) is 3.84. The maximum atomic E-state index is 11.8. The number of rotatable bonds is 3. The number of pyridine rings is 1. The lowest BCUT2D eigenvalue weighted by Gasteiger charge is -2.07. The van der Waals surface area contributed by atoms with Crippen LogP contribution in [-0.4, -0.2) is 10.5 Å². The van der Waals surface area contributed by atoms with E-state index in [2.05, 4.69) is 37.2 Å². The van der Waals surface area contributed by atoms with E-state index in [0.29, 0.717) is 10.2 Å². The first-order valence-electron chi connectivity index (χ1n) is 5.46. The molecule has 98 valence electrons. The normalized spacial score (nSPS) is 10.2. The van der Waals surface area contributed by atoms with Crippen molar-refractivity contribution in [3.05, 3.63) is 61.9 Å². The molecule has 0 saturated carbocycles. The molecule has 1 aromatic heterocycles. The molecule has 0 aliphatic carbocycles. The molecule has 4 nitrogen and oxygen atoms in total. The van der Waals surface area contributed by atoms with Gasteiger partial charge in [0, 0.05) is 16.4 Å². The van der Waals surface area contributed by atoms with E-state index in [1.807, 2.05) is 12.1 Å². The van der Waals surface area contributed by atoms with E-state index in [1.54, 1.807) is 30.5 Å². The molecule has 1 heterocycles. The first kappa shape index (κ1) is 14.0. The standard InChI is InChI=1S/C13H10Br2N2O2/c14-9-3-5-10(6-4-9)16-12(18)8-17-7-1-2-11(15)13(17)19/h1-7H,8H2,(H,16,18). The number of nitrogens with zero attached hydrogens (tertiary/aromatic N) is 1. The summed E-state index contributed by atoms with van der Waals surface area (Å²) >= 11 is 6.46. The lowest BCUT2D eigenvalue weighted by atomic mass is 10.3. The van der Waals surface area contributed by atoms with Gasteiger partial charge in [0.25, 0.3) is 5.56 Å². The van der Waals surface area contributed by atoms with Gasteiger partial charge in [0.05, 0.1) is 4.47 Å². The summed E-state index contributed by atoms with van der Waals surface area (Å²) in [6.07, 6.45) is 1.58. The molecule has 1 amide bonds. The van der Waals surface area contributed by atoms with Crippen molar-refractivity contribution >= 4 is 43.5 Å². The van der Waals surface area contributed by atoms with Crippen LogP contribution in [0.5, 0.6) is 0 Å². The first-order chi connectivity index (χ1) is 9.06. The Labute approximate surface area is 126 Å². The van der Waals surface area contributed by atoms with Crippen molar-refractivity contribution in [2.45, 2.75) is 6.54 Å². The number of anilines is 1. The summed E-state index contributed by atoms with van der Waals surface area (Å²) < 4.78 is 2.72. The van der Waals surface area contributed by atoms with Crippen LogP contribution in [0.4, 0.5) is 5.69 Å². The minimum Gasteiger partial charge on any atom is -0.325 e. The molecular weight excluding hydrogens is 376 g/mol. The van der Waals surface area contributed by atoms with Crippen molar-refractivity contribution in [1.82, 2.24) is 4.57 Å². The van der Waals surface area contributed by atoms with Crippen LogP contribution in [0.1, 0.15) is 0 Å². The van der Waals surface area contributed by atoms with Gasteiger partial charge in [-0.2, -0.15) is 0 Å². The molecule has 0 saturated heterocycles. The molecule has 0 atom stereocenters. The fraction of sp³-hybridized carbons (Fsp3) is 0.0769. The number of carbonyl (C=O) groups is 1. The molecule has 0 bridgehead atoms. The number of nitrogens with one attached hydrogen (secondary N) is 1. The van der Waals surface area contributed by atoms with Gasteiger partial charge < -0.3 is 9.88 Å². The van der Waals surface area contributed by atoms with Crippen LogP contribution < -0.4 is 10.9 Å². The average molecular weight is 386 g/mol. The third-order valence-corrected chi connectivity index (χ3v) is 3.55. The number of benzene rings is 1. The molecule has 0 fully saturated rings. The zero-order valence-corrected chi connectivity index (χ0v) is 12.9. The van der Waals surface area contributed by atoms with Crippen molar-refractivity contribution in [1.29, 1.82) is 0 Å². The third kappa shape index (κ3) is 3.78. The van der Waals surface area contributed by atoms with Gasteiger partial charge >= 0.3 is 0 Å². The SMILES string of the molecule is O=C(Cn1cccc(Br)c1=O)Nc1ccc(Br)cc1. The zero-order chi connectivity index (χ0) is 13.8. The number of carbonyl (C=O) groups excluding carboxylic acids is 1. The Balaban J connectivity index is 2.07. The number of hydrogen-bond acceptors (Lipinski definition) is 2. The van der Waals surface area contributed by atoms with Crippen molar-refractivity contribution < 1.29 is 4.79 Å². The van der Waals surface area contributed by atoms with Crippen LogP contribution in [0, 0.1) is 0 Å². The van der Waals surface area contributed by atoms with Crippen LogP contribution in [0.2, 0.25) is 0 Å². The first-order valence-corrected chi connectivity index (χ1v) is 7.05. The average Bonchev–Trinajstić information content (AvgIpc) is 2.38. The summed E-state index contributed by atoms with van der Waals surface area (Å²) in [7, 11) is 0. The fourth-order valence-corrected chi connectivity index (χ4v) is 2.17. The lowest BCUT2D eigenvalue weighted by Crippen LogP contribution is -2.27. The number of halogens is 2. The monoisotopic (exact) mass is 384 g/mol. The van der Waals surface area contributed by atoms with Crippen LogP contribution in [-0.2, 0) is 11.3 Å². The number of amides is 1. The Morgan fingerprint density at radius 1 is 1.16 bits per heavy atom. The molecule has 2 aromatic rings. The van der Waals surface area contributed by atoms with E-state index in [-0.39, 0.29) is 18.0 Å². The summed E-state index contributed by atoms with van der Waals surface area (Å²) in [6.45, 7) is -0.0195. The summed E-state index contributed by atoms with van der Waals surface area (Å²) in [5.74, 6) is -0.248. The van der Waals surface area contributed by atoms with E-state index in [1.165, 1.54) is 4.57 Å². The maximum Gasteiger partial charge on any atom is 0.265 e. The predicted octanol–water partition coefficient (Wildman–Crippen LogP) is 3.01. The van der Waals surface area contributed by atoms with Crippen LogP contribution in [0.25, 0.3) is 0 Å². The Morgan fingerprint density at radius 3 is 2.53 bits per heavy atom. The highest BCUT2D eigenvalue weighted by Gasteiger charge is 2.06. The predicted molar refractivity (Wildman–Crippen MR) is 81.2 cm³/mol. The van der Waals surface area contributed by atoms with Gasteiger partial charge in [-0.15, -0.1) is 0 Å². The summed E-state index contributed by atoms with van der Waals surface area (Å²) in [5.41, 5.74) is 0.463. The Kier molecular flexibility index (Phi) is 4.55. The highest BCUT2D eigenvalue weighted by Crippen LogP contribution is 2.14. The second-order valence-corrected chi connectivity index (χ2v) is 5.61. The third-order valence-electron chi connectivity index (χ3n) is 2.42. The topological polar surface area (TPSA) is 51.1 Å². The van der Waals surface area contributed by atoms with Gasteiger partial charge in [0.2, 0.25) is 5.91 Å². The van der Waals surface area contributed by atoms with Gasteiger partial charge in [-0.1, -0.05) is 15.9 Å². The molecule has 1 N–H and O–H groups in total. The fourth-order valence-electron chi connectivity index (χ4n) is 1.52. The van der Waals surface area contributed by atoms with Crippen LogP contribution in [0.15, 0.2) is 56.3 Å². The molecule has 1 aromatic carbocycles. The Bertz CT molecular complexity index is 650. The smallest absolute Gasteiger partial charge is 0.265 e. The van der Waals surface area contributed by atoms with E-state index < -0.39 is 0 Å². The highest BCUT2D eigenvalue weighted by molar-refractivity contribution is 9.10. The quantitative estimate of drug-likeness (QED) is 0.882. The second kappa shape index (κ2) is 6.16. The summed E-state index contributed by atoms with van der Waals surface area (Å²) in [6, 6.07) is 10.6. The number of hydrogen-bond donors (Lipinski definition) is 1. The van der Waals surface area contributed by atoms with E-state index in [9.17, 15) is 9.59 Å². The van der Waals surface area contributed by atoms with E-state index in [0.717, 1.165) is 4.47 Å². The zero-order valence-electron chi connectivity index (χ0n) is 9.77. The molecule has 19 heavy (non-hydrogen) atoms. The Hall–Kier alpha value is -1.40. The summed E-state index contributed by atoms with van der Waals surface area (Å²) in [4.78, 5) is 23.6. The van der Waals surface area contributed by atoms with Crippen molar-refractivity contribution in [3.8, 4) is 0 Å². The van der Waals surface area contributed by atoms with Gasteiger partial charge in [0.15, 0.2) is 0 Å². The van der Waals surface area contributed by atoms with Crippen molar-refractivity contribution in [2.24, 2.45) is 0 Å². The molecule has 0 radical (unpaired) electrons. The molecule has 6 heteroatoms. The molecule has 0 spiro atoms. The molecular formula is C13H10Br2N2O2. The van der Waals surface area contributed by atoms with Gasteiger partial charge in [-0.05, 0) is 52.3 Å². The molecule has 0 aliphatic rings. The van der Waals surface area contributed by atoms with E-state index in [4.69, 9.17) is 0 Å². The molecule has 0 aliphatic heterocycles. The molecule has 0 unspecified atom stereocenters. The van der Waals surface area contributed by atoms with Crippen LogP contribution in [0.3, 0.4) is 0 Å². The lowest BCUT2D eigenvalue weighted by molar-refractivity contribution is -0.116. The minimum atomic E-state index is -0.248. The van der Waals surface area contributed by atoms with Crippen molar-refractivity contribution in [2.75, 3.05) is 5.32 Å². The van der Waals surface area contributed by atoms with Gasteiger partial charge in [-0.3, -0.25) is 9.59 Å². The number of aromatic nitrogens is 1. The highest BCUT2D eigenvalue weighted by atomic mass is 79.9. The van der Waals surface area contributed by atoms with Crippen LogP contribution >= 0.6 is 31.9 Å². The van der Waals surface area contributed by atoms with Gasteiger partial charge in [-0.25, -0.2) is 0 Å². The molecule has 2 rings (SSSR count). The van der Waals surface area contributed by atoms with Gasteiger partial charge in [0.1, 0.15) is 6.54 Å². The van der Waals surface area contributed by atoms with E-state index >= 15 is 0 Å². The largest absolute Gasteiger partial charge is 0.325 e.